The minimum atomic E-state index is -3.54. The van der Waals surface area contributed by atoms with E-state index in [0.717, 1.165) is 16.6 Å². The lowest BCUT2D eigenvalue weighted by Gasteiger charge is -2.24. The van der Waals surface area contributed by atoms with Gasteiger partial charge in [0.05, 0.1) is 5.02 Å². The van der Waals surface area contributed by atoms with E-state index in [1.54, 1.807) is 30.9 Å². The van der Waals surface area contributed by atoms with Crippen molar-refractivity contribution in [2.45, 2.75) is 24.3 Å². The molecule has 0 saturated heterocycles. The monoisotopic (exact) mass is 385 g/mol. The number of nitrogens with zero attached hydrogens (tertiary/aromatic N) is 1. The normalized spacial score (nSPS) is 13.8. The molecule has 1 unspecified atom stereocenters. The van der Waals surface area contributed by atoms with Gasteiger partial charge in [0.25, 0.3) is 0 Å². The van der Waals surface area contributed by atoms with Crippen LogP contribution in [0.4, 0.5) is 0 Å². The quantitative estimate of drug-likeness (QED) is 0.745. The number of thioether (sulfide) groups is 1. The van der Waals surface area contributed by atoms with Crippen molar-refractivity contribution in [3.05, 3.63) is 27.7 Å². The minimum absolute atomic E-state index is 0.0582. The first kappa shape index (κ1) is 17.3. The molecule has 1 aromatic carbocycles. The number of hydrogen-bond acceptors (Lipinski definition) is 3. The van der Waals surface area contributed by atoms with Gasteiger partial charge in [-0.2, -0.15) is 16.1 Å². The summed E-state index contributed by atoms with van der Waals surface area (Å²) >= 11 is 11.0. The molecule has 0 fully saturated rings. The summed E-state index contributed by atoms with van der Waals surface area (Å²) < 4.78 is 27.1. The summed E-state index contributed by atoms with van der Waals surface area (Å²) in [5.41, 5.74) is 0. The van der Waals surface area contributed by atoms with Gasteiger partial charge in [-0.3, -0.25) is 0 Å². The molecule has 0 aromatic heterocycles. The van der Waals surface area contributed by atoms with E-state index >= 15 is 0 Å². The van der Waals surface area contributed by atoms with E-state index in [-0.39, 0.29) is 16.0 Å². The summed E-state index contributed by atoms with van der Waals surface area (Å²) in [6.07, 6.45) is 2.82. The molecule has 19 heavy (non-hydrogen) atoms. The van der Waals surface area contributed by atoms with E-state index in [0.29, 0.717) is 0 Å². The van der Waals surface area contributed by atoms with Crippen LogP contribution < -0.4 is 0 Å². The van der Waals surface area contributed by atoms with E-state index in [1.807, 2.05) is 13.2 Å². The Morgan fingerprint density at radius 1 is 1.47 bits per heavy atom. The van der Waals surface area contributed by atoms with Crippen LogP contribution in [0.2, 0.25) is 5.02 Å². The standard InChI is InChI=1S/C12H17BrClNO2S2/c1-9(6-7-18-3)15(2)19(16,17)12-5-4-10(13)8-11(12)14/h4-5,8-9H,6-7H2,1-3H3. The lowest BCUT2D eigenvalue weighted by atomic mass is 10.3. The van der Waals surface area contributed by atoms with Crippen molar-refractivity contribution >= 4 is 49.3 Å². The van der Waals surface area contributed by atoms with Crippen LogP contribution in [0.25, 0.3) is 0 Å². The van der Waals surface area contributed by atoms with Gasteiger partial charge in [0.15, 0.2) is 0 Å². The molecule has 0 heterocycles. The van der Waals surface area contributed by atoms with Crippen molar-refractivity contribution in [1.29, 1.82) is 0 Å². The Morgan fingerprint density at radius 2 is 2.11 bits per heavy atom. The van der Waals surface area contributed by atoms with Gasteiger partial charge in [-0.05, 0) is 43.6 Å². The Bertz CT molecular complexity index is 537. The van der Waals surface area contributed by atoms with Crippen molar-refractivity contribution in [2.75, 3.05) is 19.1 Å². The first-order valence-corrected chi connectivity index (χ1v) is 9.73. The second kappa shape index (κ2) is 7.31. The third kappa shape index (κ3) is 4.36. The average molecular weight is 387 g/mol. The second-order valence-electron chi connectivity index (χ2n) is 4.23. The van der Waals surface area contributed by atoms with Crippen LogP contribution in [0.3, 0.4) is 0 Å². The highest BCUT2D eigenvalue weighted by atomic mass is 79.9. The molecule has 1 atom stereocenters. The van der Waals surface area contributed by atoms with Gasteiger partial charge in [-0.1, -0.05) is 27.5 Å². The van der Waals surface area contributed by atoms with Crippen LogP contribution in [-0.2, 0) is 10.0 Å². The SMILES string of the molecule is CSCCC(C)N(C)S(=O)(=O)c1ccc(Br)cc1Cl. The van der Waals surface area contributed by atoms with Crippen LogP contribution >= 0.6 is 39.3 Å². The molecule has 0 N–H and O–H groups in total. The summed E-state index contributed by atoms with van der Waals surface area (Å²) in [7, 11) is -1.95. The van der Waals surface area contributed by atoms with Crippen molar-refractivity contribution < 1.29 is 8.42 Å². The molecule has 1 rings (SSSR count). The topological polar surface area (TPSA) is 37.4 Å². The fraction of sp³-hybridized carbons (Fsp3) is 0.500. The van der Waals surface area contributed by atoms with Crippen LogP contribution in [0, 0.1) is 0 Å². The zero-order chi connectivity index (χ0) is 14.6. The Hall–Kier alpha value is 0.250. The third-order valence-electron chi connectivity index (χ3n) is 2.91. The molecular formula is C12H17BrClNO2S2. The van der Waals surface area contributed by atoms with Crippen molar-refractivity contribution in [3.8, 4) is 0 Å². The maximum Gasteiger partial charge on any atom is 0.244 e. The first-order valence-electron chi connectivity index (χ1n) is 5.72. The van der Waals surface area contributed by atoms with Gasteiger partial charge >= 0.3 is 0 Å². The second-order valence-corrected chi connectivity index (χ2v) is 8.50. The average Bonchev–Trinajstić information content (AvgIpc) is 2.34. The number of sulfonamides is 1. The van der Waals surface area contributed by atoms with Gasteiger partial charge in [-0.15, -0.1) is 0 Å². The van der Waals surface area contributed by atoms with Crippen molar-refractivity contribution in [2.24, 2.45) is 0 Å². The molecule has 0 radical (unpaired) electrons. The van der Waals surface area contributed by atoms with Crippen LogP contribution in [0.1, 0.15) is 13.3 Å². The highest BCUT2D eigenvalue weighted by molar-refractivity contribution is 9.10. The minimum Gasteiger partial charge on any atom is -0.207 e. The molecular weight excluding hydrogens is 370 g/mol. The fourth-order valence-corrected chi connectivity index (χ4v) is 4.52. The lowest BCUT2D eigenvalue weighted by molar-refractivity contribution is 0.382. The lowest BCUT2D eigenvalue weighted by Crippen LogP contribution is -2.35. The molecule has 0 aliphatic carbocycles. The van der Waals surface area contributed by atoms with Crippen LogP contribution in [0.5, 0.6) is 0 Å². The number of benzene rings is 1. The first-order chi connectivity index (χ1) is 8.80. The number of rotatable bonds is 6. The van der Waals surface area contributed by atoms with E-state index in [9.17, 15) is 8.42 Å². The zero-order valence-electron chi connectivity index (χ0n) is 11.1. The van der Waals surface area contributed by atoms with Gasteiger partial charge in [0, 0.05) is 17.6 Å². The molecule has 0 aliphatic heterocycles. The molecule has 3 nitrogen and oxygen atoms in total. The third-order valence-corrected chi connectivity index (χ3v) is 6.50. The van der Waals surface area contributed by atoms with Gasteiger partial charge in [0.1, 0.15) is 4.90 Å². The summed E-state index contributed by atoms with van der Waals surface area (Å²) in [6.45, 7) is 1.90. The Labute approximate surface area is 132 Å². The largest absolute Gasteiger partial charge is 0.244 e. The summed E-state index contributed by atoms with van der Waals surface area (Å²) in [4.78, 5) is 0.149. The zero-order valence-corrected chi connectivity index (χ0v) is 15.0. The van der Waals surface area contributed by atoms with Crippen LogP contribution in [-0.4, -0.2) is 37.8 Å². The number of halogens is 2. The molecule has 0 saturated carbocycles. The Balaban J connectivity index is 3.02. The van der Waals surface area contributed by atoms with Crippen molar-refractivity contribution in [1.82, 2.24) is 4.31 Å². The molecule has 0 bridgehead atoms. The fourth-order valence-electron chi connectivity index (χ4n) is 1.55. The maximum absolute atomic E-state index is 12.5. The molecule has 0 amide bonds. The van der Waals surface area contributed by atoms with Crippen LogP contribution in [0.15, 0.2) is 27.6 Å². The summed E-state index contributed by atoms with van der Waals surface area (Å²) in [5.74, 6) is 0.926. The predicted molar refractivity (Wildman–Crippen MR) is 86.6 cm³/mol. The Kier molecular flexibility index (Phi) is 6.66. The highest BCUT2D eigenvalue weighted by Gasteiger charge is 2.27. The van der Waals surface area contributed by atoms with E-state index in [1.165, 1.54) is 10.4 Å². The smallest absolute Gasteiger partial charge is 0.207 e. The van der Waals surface area contributed by atoms with E-state index in [2.05, 4.69) is 15.9 Å². The highest BCUT2D eigenvalue weighted by Crippen LogP contribution is 2.28. The molecule has 108 valence electrons. The van der Waals surface area contributed by atoms with E-state index in [4.69, 9.17) is 11.6 Å². The molecule has 7 heteroatoms. The van der Waals surface area contributed by atoms with Gasteiger partial charge < -0.3 is 0 Å². The molecule has 0 aliphatic rings. The van der Waals surface area contributed by atoms with Gasteiger partial charge in [0.2, 0.25) is 10.0 Å². The maximum atomic E-state index is 12.5. The molecule has 1 aromatic rings. The Morgan fingerprint density at radius 3 is 2.63 bits per heavy atom. The van der Waals surface area contributed by atoms with Gasteiger partial charge in [-0.25, -0.2) is 8.42 Å². The molecule has 0 spiro atoms. The number of hydrogen-bond donors (Lipinski definition) is 0. The summed E-state index contributed by atoms with van der Waals surface area (Å²) in [6, 6.07) is 4.74. The van der Waals surface area contributed by atoms with E-state index < -0.39 is 10.0 Å². The van der Waals surface area contributed by atoms with Crippen molar-refractivity contribution in [3.63, 3.8) is 0 Å². The predicted octanol–water partition coefficient (Wildman–Crippen LogP) is 3.86. The summed E-state index contributed by atoms with van der Waals surface area (Å²) in [5, 5.41) is 0.235.